The highest BCUT2D eigenvalue weighted by Crippen LogP contribution is 2.60. The first-order chi connectivity index (χ1) is 14.2. The Kier molecular flexibility index (Phi) is 5.54. The third-order valence-electron chi connectivity index (χ3n) is 6.68. The van der Waals surface area contributed by atoms with Gasteiger partial charge in [0, 0.05) is 5.92 Å². The molecule has 1 heterocycles. The van der Waals surface area contributed by atoms with Crippen molar-refractivity contribution in [2.24, 2.45) is 29.1 Å². The fourth-order valence-corrected chi connectivity index (χ4v) is 5.14. The monoisotopic (exact) mass is 447 g/mol. The lowest BCUT2D eigenvalue weighted by molar-refractivity contribution is -0.157. The van der Waals surface area contributed by atoms with Gasteiger partial charge in [-0.15, -0.1) is 0 Å². The van der Waals surface area contributed by atoms with E-state index in [1.54, 1.807) is 6.08 Å². The van der Waals surface area contributed by atoms with Gasteiger partial charge >= 0.3 is 5.97 Å². The van der Waals surface area contributed by atoms with E-state index in [9.17, 15) is 14.4 Å². The largest absolute Gasteiger partial charge is 0.443 e. The van der Waals surface area contributed by atoms with Gasteiger partial charge in [0.25, 0.3) is 0 Å². The molecular weight excluding hydrogens is 425 g/mol. The number of nitrogens with zero attached hydrogens (tertiary/aromatic N) is 1. The summed E-state index contributed by atoms with van der Waals surface area (Å²) in [6, 6.07) is 9.68. The van der Waals surface area contributed by atoms with Crippen molar-refractivity contribution in [1.29, 1.82) is 0 Å². The van der Waals surface area contributed by atoms with Crippen LogP contribution in [-0.4, -0.2) is 29.4 Å². The number of carbonyl (C=O) groups is 3. The maximum Gasteiger partial charge on any atom is 0.311 e. The molecule has 3 unspecified atom stereocenters. The molecule has 1 aromatic rings. The Labute approximate surface area is 185 Å². The molecule has 0 aromatic heterocycles. The number of ether oxygens (including phenoxy) is 1. The standard InChI is InChI=1S/C23H23Cl2NO4/c1-23(2)16(11-17(24)25)19(23)22(29)30-12-26-20(27)15-10-6-9-14(18(15)21(26)28)13-7-4-3-5-8-13/h3-9,11,14-16,18-19H,10,12H2,1-2H3/t14?,15?,16-,18?,19-/m0/s1. The number of amides is 2. The molecule has 0 bridgehead atoms. The minimum Gasteiger partial charge on any atom is -0.443 e. The molecule has 1 aliphatic heterocycles. The summed E-state index contributed by atoms with van der Waals surface area (Å²) >= 11 is 11.5. The first kappa shape index (κ1) is 21.1. The number of likely N-dealkylation sites (tertiary alicyclic amines) is 1. The number of allylic oxidation sites excluding steroid dienone is 3. The van der Waals surface area contributed by atoms with Crippen LogP contribution in [0.1, 0.15) is 31.7 Å². The average Bonchev–Trinajstić information content (AvgIpc) is 3.15. The number of imide groups is 1. The lowest BCUT2D eigenvalue weighted by atomic mass is 9.74. The summed E-state index contributed by atoms with van der Waals surface area (Å²) in [6.07, 6.45) is 6.10. The number of hydrogen-bond acceptors (Lipinski definition) is 4. The predicted octanol–water partition coefficient (Wildman–Crippen LogP) is 4.42. The fourth-order valence-electron chi connectivity index (χ4n) is 4.87. The molecule has 3 aliphatic rings. The van der Waals surface area contributed by atoms with Crippen molar-refractivity contribution in [3.63, 3.8) is 0 Å². The molecule has 5 nitrogen and oxygen atoms in total. The molecular formula is C23H23Cl2NO4. The van der Waals surface area contributed by atoms with Gasteiger partial charge in [-0.3, -0.25) is 14.4 Å². The van der Waals surface area contributed by atoms with Crippen molar-refractivity contribution < 1.29 is 19.1 Å². The molecule has 2 fully saturated rings. The van der Waals surface area contributed by atoms with Gasteiger partial charge in [0.1, 0.15) is 4.49 Å². The second-order valence-electron chi connectivity index (χ2n) is 8.71. The van der Waals surface area contributed by atoms with E-state index < -0.39 is 23.7 Å². The van der Waals surface area contributed by atoms with E-state index in [-0.39, 0.29) is 40.3 Å². The Morgan fingerprint density at radius 3 is 2.57 bits per heavy atom. The normalized spacial score (nSPS) is 31.3. The number of fused-ring (bicyclic) bond motifs is 1. The van der Waals surface area contributed by atoms with E-state index in [1.807, 2.05) is 56.3 Å². The van der Waals surface area contributed by atoms with Crippen molar-refractivity contribution in [3.05, 3.63) is 58.6 Å². The quantitative estimate of drug-likeness (QED) is 0.380. The minimum atomic E-state index is -0.466. The van der Waals surface area contributed by atoms with Gasteiger partial charge in [0.2, 0.25) is 11.8 Å². The number of esters is 1. The van der Waals surface area contributed by atoms with Gasteiger partial charge in [0.15, 0.2) is 6.73 Å². The molecule has 5 atom stereocenters. The van der Waals surface area contributed by atoms with E-state index in [0.717, 1.165) is 10.5 Å². The van der Waals surface area contributed by atoms with E-state index in [4.69, 9.17) is 27.9 Å². The zero-order valence-corrected chi connectivity index (χ0v) is 18.3. The van der Waals surface area contributed by atoms with E-state index in [1.165, 1.54) is 0 Å². The van der Waals surface area contributed by atoms with Crippen LogP contribution >= 0.6 is 23.2 Å². The van der Waals surface area contributed by atoms with Gasteiger partial charge in [-0.05, 0) is 29.4 Å². The number of rotatable bonds is 5. The van der Waals surface area contributed by atoms with Crippen LogP contribution in [0.2, 0.25) is 0 Å². The number of carbonyl (C=O) groups excluding carboxylic acids is 3. The van der Waals surface area contributed by atoms with Gasteiger partial charge in [0.05, 0.1) is 17.8 Å². The summed E-state index contributed by atoms with van der Waals surface area (Å²) in [4.78, 5) is 39.7. The van der Waals surface area contributed by atoms with Crippen LogP contribution in [0.3, 0.4) is 0 Å². The van der Waals surface area contributed by atoms with Crippen LogP contribution in [0.4, 0.5) is 0 Å². The summed E-state index contributed by atoms with van der Waals surface area (Å²) in [5, 5.41) is 0. The van der Waals surface area contributed by atoms with Gasteiger partial charge < -0.3 is 4.74 Å². The summed E-state index contributed by atoms with van der Waals surface area (Å²) in [5.74, 6) is -2.60. The van der Waals surface area contributed by atoms with Gasteiger partial charge in [-0.2, -0.15) is 0 Å². The Morgan fingerprint density at radius 1 is 1.20 bits per heavy atom. The smallest absolute Gasteiger partial charge is 0.311 e. The molecule has 2 amide bonds. The van der Waals surface area contributed by atoms with E-state index in [2.05, 4.69) is 0 Å². The maximum absolute atomic E-state index is 13.1. The number of benzene rings is 1. The maximum atomic E-state index is 13.1. The molecule has 0 spiro atoms. The molecule has 7 heteroatoms. The van der Waals surface area contributed by atoms with E-state index in [0.29, 0.717) is 6.42 Å². The van der Waals surface area contributed by atoms with Crippen molar-refractivity contribution in [2.75, 3.05) is 6.73 Å². The van der Waals surface area contributed by atoms with Crippen LogP contribution < -0.4 is 0 Å². The van der Waals surface area contributed by atoms with Crippen LogP contribution in [0.25, 0.3) is 0 Å². The second kappa shape index (κ2) is 7.86. The molecule has 1 saturated heterocycles. The van der Waals surface area contributed by atoms with Gasteiger partial charge in [-0.25, -0.2) is 4.90 Å². The number of halogens is 2. The highest BCUT2D eigenvalue weighted by Gasteiger charge is 2.62. The molecule has 0 N–H and O–H groups in total. The van der Waals surface area contributed by atoms with Crippen molar-refractivity contribution in [3.8, 4) is 0 Å². The van der Waals surface area contributed by atoms with Crippen molar-refractivity contribution in [1.82, 2.24) is 4.90 Å². The third kappa shape index (κ3) is 3.58. The van der Waals surface area contributed by atoms with Crippen LogP contribution in [-0.2, 0) is 19.1 Å². The zero-order chi connectivity index (χ0) is 21.6. The van der Waals surface area contributed by atoms with E-state index >= 15 is 0 Å². The Bertz CT molecular complexity index is 936. The molecule has 1 saturated carbocycles. The van der Waals surface area contributed by atoms with Crippen LogP contribution in [0, 0.1) is 29.1 Å². The highest BCUT2D eigenvalue weighted by atomic mass is 35.5. The molecule has 30 heavy (non-hydrogen) atoms. The SMILES string of the molecule is CC1(C)[C@H](C(=O)OCN2C(=O)C3CC=CC(c4ccccc4)C3C2=O)[C@@H]1C=C(Cl)Cl. The predicted molar refractivity (Wildman–Crippen MR) is 113 cm³/mol. The lowest BCUT2D eigenvalue weighted by Crippen LogP contribution is -2.35. The van der Waals surface area contributed by atoms with Crippen molar-refractivity contribution in [2.45, 2.75) is 26.2 Å². The summed E-state index contributed by atoms with van der Waals surface area (Å²) < 4.78 is 5.50. The molecule has 0 radical (unpaired) electrons. The fraction of sp³-hybridized carbons (Fsp3) is 0.435. The Balaban J connectivity index is 1.45. The second-order valence-corrected chi connectivity index (χ2v) is 9.72. The third-order valence-corrected chi connectivity index (χ3v) is 6.93. The molecule has 4 rings (SSSR count). The summed E-state index contributed by atoms with van der Waals surface area (Å²) in [6.45, 7) is 3.49. The summed E-state index contributed by atoms with van der Waals surface area (Å²) in [5.41, 5.74) is 0.664. The topological polar surface area (TPSA) is 63.7 Å². The summed E-state index contributed by atoms with van der Waals surface area (Å²) in [7, 11) is 0. The zero-order valence-electron chi connectivity index (χ0n) is 16.8. The molecule has 2 aliphatic carbocycles. The highest BCUT2D eigenvalue weighted by molar-refractivity contribution is 6.55. The van der Waals surface area contributed by atoms with Crippen LogP contribution in [0.15, 0.2) is 53.1 Å². The molecule has 1 aromatic carbocycles. The number of hydrogen-bond donors (Lipinski definition) is 0. The average molecular weight is 448 g/mol. The molecule has 158 valence electrons. The Morgan fingerprint density at radius 2 is 1.90 bits per heavy atom. The van der Waals surface area contributed by atoms with Gasteiger partial charge in [-0.1, -0.05) is 79.5 Å². The van der Waals surface area contributed by atoms with Crippen LogP contribution in [0.5, 0.6) is 0 Å². The Hall–Kier alpha value is -2.11. The lowest BCUT2D eigenvalue weighted by Gasteiger charge is -2.26. The minimum absolute atomic E-state index is 0.108. The van der Waals surface area contributed by atoms with Crippen molar-refractivity contribution >= 4 is 41.0 Å². The first-order valence-corrected chi connectivity index (χ1v) is 10.8. The first-order valence-electron chi connectivity index (χ1n) is 9.99.